The molecule has 0 aliphatic heterocycles. The van der Waals surface area contributed by atoms with Crippen LogP contribution in [-0.4, -0.2) is 17.0 Å². The number of ketones is 1. The van der Waals surface area contributed by atoms with E-state index in [1.807, 2.05) is 6.92 Å². The first kappa shape index (κ1) is 11.7. The van der Waals surface area contributed by atoms with Crippen molar-refractivity contribution < 1.29 is 14.3 Å². The first-order valence-corrected chi connectivity index (χ1v) is 5.17. The van der Waals surface area contributed by atoms with Gasteiger partial charge in [-0.3, -0.25) is 4.79 Å². The molecule has 0 aliphatic rings. The van der Waals surface area contributed by atoms with Crippen LogP contribution in [0, 0.1) is 0 Å². The maximum absolute atomic E-state index is 11.4. The SMILES string of the molecule is CCCC[C@@H](O)C(=O)/C=C/c1ccco1. The molecule has 0 unspecified atom stereocenters. The highest BCUT2D eigenvalue weighted by molar-refractivity contribution is 5.96. The Morgan fingerprint density at radius 2 is 2.47 bits per heavy atom. The van der Waals surface area contributed by atoms with E-state index >= 15 is 0 Å². The lowest BCUT2D eigenvalue weighted by atomic mass is 10.1. The monoisotopic (exact) mass is 208 g/mol. The number of hydrogen-bond donors (Lipinski definition) is 1. The summed E-state index contributed by atoms with van der Waals surface area (Å²) in [5, 5.41) is 9.45. The third kappa shape index (κ3) is 4.13. The molecule has 0 aliphatic carbocycles. The van der Waals surface area contributed by atoms with Gasteiger partial charge in [0.05, 0.1) is 6.26 Å². The maximum Gasteiger partial charge on any atom is 0.184 e. The van der Waals surface area contributed by atoms with E-state index in [0.29, 0.717) is 12.2 Å². The summed E-state index contributed by atoms with van der Waals surface area (Å²) in [5.41, 5.74) is 0. The first-order valence-electron chi connectivity index (χ1n) is 5.17. The predicted octanol–water partition coefficient (Wildman–Crippen LogP) is 2.41. The Labute approximate surface area is 89.4 Å². The van der Waals surface area contributed by atoms with Crippen LogP contribution in [-0.2, 0) is 4.79 Å². The molecule has 3 nitrogen and oxygen atoms in total. The zero-order valence-corrected chi connectivity index (χ0v) is 8.85. The lowest BCUT2D eigenvalue weighted by molar-refractivity contribution is -0.122. The summed E-state index contributed by atoms with van der Waals surface area (Å²) in [7, 11) is 0. The van der Waals surface area contributed by atoms with Crippen molar-refractivity contribution in [3.8, 4) is 0 Å². The Morgan fingerprint density at radius 1 is 1.67 bits per heavy atom. The van der Waals surface area contributed by atoms with Crippen LogP contribution in [0.3, 0.4) is 0 Å². The number of carbonyl (C=O) groups is 1. The molecule has 0 aromatic carbocycles. The van der Waals surface area contributed by atoms with E-state index in [-0.39, 0.29) is 5.78 Å². The van der Waals surface area contributed by atoms with Crippen LogP contribution in [0.5, 0.6) is 0 Å². The third-order valence-electron chi connectivity index (χ3n) is 2.11. The Bertz CT molecular complexity index is 312. The molecule has 0 fully saturated rings. The van der Waals surface area contributed by atoms with E-state index < -0.39 is 6.10 Å². The fourth-order valence-electron chi connectivity index (χ4n) is 1.20. The summed E-state index contributed by atoms with van der Waals surface area (Å²) in [6, 6.07) is 3.50. The number of rotatable bonds is 6. The van der Waals surface area contributed by atoms with Crippen LogP contribution in [0.1, 0.15) is 31.9 Å². The van der Waals surface area contributed by atoms with Crippen molar-refractivity contribution in [2.24, 2.45) is 0 Å². The van der Waals surface area contributed by atoms with E-state index in [1.165, 1.54) is 12.3 Å². The minimum atomic E-state index is -0.879. The molecule has 3 heteroatoms. The largest absolute Gasteiger partial charge is 0.465 e. The van der Waals surface area contributed by atoms with Crippen LogP contribution in [0.25, 0.3) is 6.08 Å². The molecule has 82 valence electrons. The maximum atomic E-state index is 11.4. The van der Waals surface area contributed by atoms with Crippen molar-refractivity contribution in [2.75, 3.05) is 0 Å². The molecular weight excluding hydrogens is 192 g/mol. The van der Waals surface area contributed by atoms with Crippen molar-refractivity contribution in [2.45, 2.75) is 32.3 Å². The molecule has 1 N–H and O–H groups in total. The van der Waals surface area contributed by atoms with Gasteiger partial charge in [0, 0.05) is 0 Å². The number of aliphatic hydroxyl groups is 1. The number of carbonyl (C=O) groups excluding carboxylic acids is 1. The van der Waals surface area contributed by atoms with E-state index in [2.05, 4.69) is 0 Å². The molecule has 1 heterocycles. The molecule has 1 aromatic rings. The van der Waals surface area contributed by atoms with Crippen molar-refractivity contribution in [1.29, 1.82) is 0 Å². The summed E-state index contributed by atoms with van der Waals surface area (Å²) in [6.07, 6.45) is 5.95. The van der Waals surface area contributed by atoms with Gasteiger partial charge in [0.15, 0.2) is 5.78 Å². The normalized spacial score (nSPS) is 13.2. The number of unbranched alkanes of at least 4 members (excludes halogenated alkanes) is 1. The second-order valence-corrected chi connectivity index (χ2v) is 3.41. The van der Waals surface area contributed by atoms with Gasteiger partial charge in [-0.1, -0.05) is 19.8 Å². The van der Waals surface area contributed by atoms with E-state index in [4.69, 9.17) is 4.42 Å². The molecule has 15 heavy (non-hydrogen) atoms. The fraction of sp³-hybridized carbons (Fsp3) is 0.417. The summed E-state index contributed by atoms with van der Waals surface area (Å²) in [4.78, 5) is 11.4. The zero-order valence-electron chi connectivity index (χ0n) is 8.85. The van der Waals surface area contributed by atoms with Crippen LogP contribution < -0.4 is 0 Å². The third-order valence-corrected chi connectivity index (χ3v) is 2.11. The smallest absolute Gasteiger partial charge is 0.184 e. The molecule has 1 aromatic heterocycles. The first-order chi connectivity index (χ1) is 7.24. The fourth-order valence-corrected chi connectivity index (χ4v) is 1.20. The van der Waals surface area contributed by atoms with Gasteiger partial charge in [0.2, 0.25) is 0 Å². The summed E-state index contributed by atoms with van der Waals surface area (Å²) in [5.74, 6) is 0.353. The summed E-state index contributed by atoms with van der Waals surface area (Å²) < 4.78 is 5.02. The number of hydrogen-bond acceptors (Lipinski definition) is 3. The van der Waals surface area contributed by atoms with Crippen molar-refractivity contribution >= 4 is 11.9 Å². The van der Waals surface area contributed by atoms with Gasteiger partial charge in [0.1, 0.15) is 11.9 Å². The van der Waals surface area contributed by atoms with Gasteiger partial charge >= 0.3 is 0 Å². The van der Waals surface area contributed by atoms with Crippen LogP contribution in [0.4, 0.5) is 0 Å². The zero-order chi connectivity index (χ0) is 11.1. The van der Waals surface area contributed by atoms with Gasteiger partial charge in [0.25, 0.3) is 0 Å². The van der Waals surface area contributed by atoms with Gasteiger partial charge in [-0.2, -0.15) is 0 Å². The molecule has 0 saturated carbocycles. The van der Waals surface area contributed by atoms with E-state index in [9.17, 15) is 9.90 Å². The van der Waals surface area contributed by atoms with Gasteiger partial charge in [-0.05, 0) is 30.7 Å². The molecule has 0 amide bonds. The number of furan rings is 1. The lowest BCUT2D eigenvalue weighted by Crippen LogP contribution is -2.17. The van der Waals surface area contributed by atoms with E-state index in [0.717, 1.165) is 12.8 Å². The van der Waals surface area contributed by atoms with Crippen LogP contribution in [0.15, 0.2) is 28.9 Å². The number of aliphatic hydroxyl groups excluding tert-OH is 1. The standard InChI is InChI=1S/C12H16O3/c1-2-3-6-11(13)12(14)8-7-10-5-4-9-15-10/h4-5,7-9,11,13H,2-3,6H2,1H3/b8-7+/t11-/m1/s1. The lowest BCUT2D eigenvalue weighted by Gasteiger charge is -2.04. The molecule has 1 atom stereocenters. The minimum absolute atomic E-state index is 0.264. The quantitative estimate of drug-likeness (QED) is 0.730. The Kier molecular flexibility index (Phi) is 4.84. The highest BCUT2D eigenvalue weighted by atomic mass is 16.3. The molecule has 1 rings (SSSR count). The summed E-state index contributed by atoms with van der Waals surface area (Å²) in [6.45, 7) is 2.02. The topological polar surface area (TPSA) is 50.4 Å². The van der Waals surface area contributed by atoms with Gasteiger partial charge in [-0.15, -0.1) is 0 Å². The highest BCUT2D eigenvalue weighted by Crippen LogP contribution is 2.05. The Hall–Kier alpha value is -1.35. The molecule has 0 spiro atoms. The predicted molar refractivity (Wildman–Crippen MR) is 58.3 cm³/mol. The van der Waals surface area contributed by atoms with Crippen LogP contribution >= 0.6 is 0 Å². The molecule has 0 bridgehead atoms. The van der Waals surface area contributed by atoms with Crippen LogP contribution in [0.2, 0.25) is 0 Å². The molecule has 0 radical (unpaired) electrons. The highest BCUT2D eigenvalue weighted by Gasteiger charge is 2.10. The minimum Gasteiger partial charge on any atom is -0.465 e. The van der Waals surface area contributed by atoms with Crippen molar-refractivity contribution in [3.05, 3.63) is 30.2 Å². The molecule has 0 saturated heterocycles. The Morgan fingerprint density at radius 3 is 3.07 bits per heavy atom. The van der Waals surface area contributed by atoms with Gasteiger partial charge in [-0.25, -0.2) is 0 Å². The average Bonchev–Trinajstić information content (AvgIpc) is 2.75. The molecular formula is C12H16O3. The summed E-state index contributed by atoms with van der Waals surface area (Å²) >= 11 is 0. The second kappa shape index (κ2) is 6.19. The van der Waals surface area contributed by atoms with Gasteiger partial charge < -0.3 is 9.52 Å². The Balaban J connectivity index is 2.41. The second-order valence-electron chi connectivity index (χ2n) is 3.41. The average molecular weight is 208 g/mol. The van der Waals surface area contributed by atoms with Crippen molar-refractivity contribution in [1.82, 2.24) is 0 Å². The van der Waals surface area contributed by atoms with Crippen molar-refractivity contribution in [3.63, 3.8) is 0 Å². The van der Waals surface area contributed by atoms with E-state index in [1.54, 1.807) is 18.2 Å².